The molecule has 2 aromatic carbocycles. The highest BCUT2D eigenvalue weighted by Gasteiger charge is 2.13. The van der Waals surface area contributed by atoms with E-state index in [1.54, 1.807) is 50.8 Å². The van der Waals surface area contributed by atoms with Gasteiger partial charge in [-0.15, -0.1) is 0 Å². The number of anilines is 2. The molecule has 162 valence electrons. The summed E-state index contributed by atoms with van der Waals surface area (Å²) in [5, 5.41) is 3.61. The van der Waals surface area contributed by atoms with Gasteiger partial charge in [0.2, 0.25) is 0 Å². The number of likely N-dealkylation sites (N-methyl/N-ethyl adjacent to an activating group) is 1. The van der Waals surface area contributed by atoms with E-state index in [0.717, 1.165) is 12.1 Å². The number of rotatable bonds is 6. The number of carbonyl (C=O) groups excluding carboxylic acids is 1. The van der Waals surface area contributed by atoms with Crippen LogP contribution in [-0.4, -0.2) is 46.5 Å². The summed E-state index contributed by atoms with van der Waals surface area (Å²) < 4.78 is 32.7. The lowest BCUT2D eigenvalue weighted by Crippen LogP contribution is -2.27. The number of halogens is 2. The van der Waals surface area contributed by atoms with E-state index in [2.05, 4.69) is 20.3 Å². The number of nitrogens with one attached hydrogen (secondary N) is 1. The van der Waals surface area contributed by atoms with E-state index in [9.17, 15) is 13.6 Å². The summed E-state index contributed by atoms with van der Waals surface area (Å²) in [6, 6.07) is 12.2. The van der Waals surface area contributed by atoms with E-state index < -0.39 is 11.6 Å². The highest BCUT2D eigenvalue weighted by molar-refractivity contribution is 5.93. The van der Waals surface area contributed by atoms with Gasteiger partial charge in [-0.05, 0) is 42.5 Å². The molecule has 7 nitrogen and oxygen atoms in total. The van der Waals surface area contributed by atoms with Crippen LogP contribution < -0.4 is 10.1 Å². The fourth-order valence-electron chi connectivity index (χ4n) is 2.90. The number of nitrogens with zero attached hydrogens (tertiary/aromatic N) is 4. The molecule has 4 aromatic rings. The fraction of sp³-hybridized carbons (Fsp3) is 0.130. The number of amides is 1. The van der Waals surface area contributed by atoms with E-state index in [1.165, 1.54) is 11.0 Å². The predicted octanol–water partition coefficient (Wildman–Crippen LogP) is 4.18. The second-order valence-corrected chi connectivity index (χ2v) is 7.15. The monoisotopic (exact) mass is 435 g/mol. The SMILES string of the molecule is CN(C)C(=O)COc1ccc2nc(-c3cccnc3)nc(Nc3ccc(F)c(F)c3)c2c1. The average Bonchev–Trinajstić information content (AvgIpc) is 2.80. The lowest BCUT2D eigenvalue weighted by Gasteiger charge is -2.14. The van der Waals surface area contributed by atoms with Crippen LogP contribution in [0.5, 0.6) is 5.75 Å². The second-order valence-electron chi connectivity index (χ2n) is 7.15. The smallest absolute Gasteiger partial charge is 0.259 e. The maximum atomic E-state index is 13.7. The molecule has 9 heteroatoms. The summed E-state index contributed by atoms with van der Waals surface area (Å²) in [4.78, 5) is 26.5. The minimum Gasteiger partial charge on any atom is -0.484 e. The third-order valence-electron chi connectivity index (χ3n) is 4.63. The van der Waals surface area contributed by atoms with Gasteiger partial charge in [-0.1, -0.05) is 0 Å². The van der Waals surface area contributed by atoms with Gasteiger partial charge in [0.25, 0.3) is 5.91 Å². The highest BCUT2D eigenvalue weighted by Crippen LogP contribution is 2.30. The van der Waals surface area contributed by atoms with Crippen molar-refractivity contribution in [2.45, 2.75) is 0 Å². The number of fused-ring (bicyclic) bond motifs is 1. The van der Waals surface area contributed by atoms with Crippen LogP contribution in [0.1, 0.15) is 0 Å². The molecule has 0 spiro atoms. The standard InChI is InChI=1S/C23H19F2N5O2/c1-30(2)21(31)13-32-16-6-8-20-17(11-16)23(27-15-5-7-18(24)19(25)10-15)29-22(28-20)14-4-3-9-26-12-14/h3-12H,13H2,1-2H3,(H,27,28,29). The first kappa shape index (κ1) is 21.1. The highest BCUT2D eigenvalue weighted by atomic mass is 19.2. The van der Waals surface area contributed by atoms with Gasteiger partial charge in [-0.25, -0.2) is 18.7 Å². The van der Waals surface area contributed by atoms with Crippen molar-refractivity contribution in [1.29, 1.82) is 0 Å². The summed E-state index contributed by atoms with van der Waals surface area (Å²) in [6.07, 6.45) is 3.27. The number of carbonyl (C=O) groups is 1. The first-order chi connectivity index (χ1) is 15.4. The van der Waals surface area contributed by atoms with E-state index in [0.29, 0.717) is 39.5 Å². The molecule has 0 saturated carbocycles. The number of hydrogen-bond acceptors (Lipinski definition) is 6. The number of hydrogen-bond donors (Lipinski definition) is 1. The summed E-state index contributed by atoms with van der Waals surface area (Å²) in [5.74, 6) is -0.893. The Kier molecular flexibility index (Phi) is 5.89. The number of pyridine rings is 1. The van der Waals surface area contributed by atoms with Crippen molar-refractivity contribution in [2.24, 2.45) is 0 Å². The van der Waals surface area contributed by atoms with Gasteiger partial charge < -0.3 is 15.0 Å². The molecule has 0 aliphatic heterocycles. The molecule has 32 heavy (non-hydrogen) atoms. The van der Waals surface area contributed by atoms with Gasteiger partial charge in [0, 0.05) is 49.2 Å². The average molecular weight is 435 g/mol. The molecular formula is C23H19F2N5O2. The molecule has 0 aliphatic carbocycles. The number of benzene rings is 2. The second kappa shape index (κ2) is 8.93. The van der Waals surface area contributed by atoms with Gasteiger partial charge in [-0.3, -0.25) is 9.78 Å². The Morgan fingerprint density at radius 3 is 2.62 bits per heavy atom. The molecule has 0 radical (unpaired) electrons. The van der Waals surface area contributed by atoms with Crippen molar-refractivity contribution in [1.82, 2.24) is 19.9 Å². The van der Waals surface area contributed by atoms with Crippen molar-refractivity contribution in [2.75, 3.05) is 26.0 Å². The van der Waals surface area contributed by atoms with Crippen LogP contribution in [0.4, 0.5) is 20.3 Å². The first-order valence-corrected chi connectivity index (χ1v) is 9.68. The van der Waals surface area contributed by atoms with Crippen molar-refractivity contribution < 1.29 is 18.3 Å². The molecule has 0 fully saturated rings. The zero-order valence-electron chi connectivity index (χ0n) is 17.3. The van der Waals surface area contributed by atoms with E-state index >= 15 is 0 Å². The van der Waals surface area contributed by atoms with Crippen LogP contribution in [0.2, 0.25) is 0 Å². The molecule has 4 rings (SSSR count). The zero-order chi connectivity index (χ0) is 22.7. The van der Waals surface area contributed by atoms with Crippen molar-refractivity contribution >= 4 is 28.3 Å². The largest absolute Gasteiger partial charge is 0.484 e. The Hall–Kier alpha value is -4.14. The summed E-state index contributed by atoms with van der Waals surface area (Å²) in [5.41, 5.74) is 1.60. The fourth-order valence-corrected chi connectivity index (χ4v) is 2.90. The van der Waals surface area contributed by atoms with Gasteiger partial charge in [0.15, 0.2) is 24.1 Å². The van der Waals surface area contributed by atoms with Crippen molar-refractivity contribution in [3.05, 3.63) is 72.6 Å². The Balaban J connectivity index is 1.77. The molecule has 0 aliphatic rings. The molecule has 0 atom stereocenters. The van der Waals surface area contributed by atoms with Crippen LogP contribution in [-0.2, 0) is 4.79 Å². The zero-order valence-corrected chi connectivity index (χ0v) is 17.3. The van der Waals surface area contributed by atoms with Gasteiger partial charge in [-0.2, -0.15) is 0 Å². The molecule has 1 N–H and O–H groups in total. The van der Waals surface area contributed by atoms with E-state index in [4.69, 9.17) is 4.74 Å². The van der Waals surface area contributed by atoms with Crippen molar-refractivity contribution in [3.8, 4) is 17.1 Å². The van der Waals surface area contributed by atoms with Crippen LogP contribution in [0.3, 0.4) is 0 Å². The van der Waals surface area contributed by atoms with Gasteiger partial charge >= 0.3 is 0 Å². The van der Waals surface area contributed by atoms with Crippen molar-refractivity contribution in [3.63, 3.8) is 0 Å². The third-order valence-corrected chi connectivity index (χ3v) is 4.63. The van der Waals surface area contributed by atoms with Crippen LogP contribution in [0, 0.1) is 11.6 Å². The molecular weight excluding hydrogens is 416 g/mol. The predicted molar refractivity (Wildman–Crippen MR) is 117 cm³/mol. The molecule has 0 saturated heterocycles. The lowest BCUT2D eigenvalue weighted by molar-refractivity contribution is -0.130. The first-order valence-electron chi connectivity index (χ1n) is 9.68. The van der Waals surface area contributed by atoms with E-state index in [-0.39, 0.29) is 12.5 Å². The van der Waals surface area contributed by atoms with Gasteiger partial charge in [0.05, 0.1) is 5.52 Å². The maximum absolute atomic E-state index is 13.7. The number of aromatic nitrogens is 3. The summed E-state index contributed by atoms with van der Waals surface area (Å²) in [7, 11) is 3.29. The molecule has 0 bridgehead atoms. The molecule has 2 heterocycles. The lowest BCUT2D eigenvalue weighted by atomic mass is 10.2. The van der Waals surface area contributed by atoms with E-state index in [1.807, 2.05) is 6.07 Å². The molecule has 0 unspecified atom stereocenters. The minimum absolute atomic E-state index is 0.126. The topological polar surface area (TPSA) is 80.2 Å². The Morgan fingerprint density at radius 2 is 1.91 bits per heavy atom. The summed E-state index contributed by atoms with van der Waals surface area (Å²) in [6.45, 7) is -0.126. The molecule has 1 amide bonds. The maximum Gasteiger partial charge on any atom is 0.259 e. The van der Waals surface area contributed by atoms with Gasteiger partial charge in [0.1, 0.15) is 11.6 Å². The van der Waals surface area contributed by atoms with Crippen LogP contribution in [0.15, 0.2) is 60.9 Å². The normalized spacial score (nSPS) is 10.8. The summed E-state index contributed by atoms with van der Waals surface area (Å²) >= 11 is 0. The van der Waals surface area contributed by atoms with Crippen LogP contribution in [0.25, 0.3) is 22.3 Å². The third kappa shape index (κ3) is 4.61. The quantitative estimate of drug-likeness (QED) is 0.489. The Bertz CT molecular complexity index is 1280. The Morgan fingerprint density at radius 1 is 1.06 bits per heavy atom. The minimum atomic E-state index is -0.980. The van der Waals surface area contributed by atoms with Crippen LogP contribution >= 0.6 is 0 Å². The Labute approximate surface area is 182 Å². The molecule has 2 aromatic heterocycles. The number of ether oxygens (including phenoxy) is 1.